The molecule has 62 heavy (non-hydrogen) atoms. The maximum atomic E-state index is 14.0. The molecule has 14 heteroatoms. The van der Waals surface area contributed by atoms with Crippen molar-refractivity contribution >= 4 is 40.3 Å². The fourth-order valence-corrected chi connectivity index (χ4v) is 8.96. The Hall–Kier alpha value is -6.93. The van der Waals surface area contributed by atoms with E-state index in [1.54, 1.807) is 39.3 Å². The first-order chi connectivity index (χ1) is 29.6. The van der Waals surface area contributed by atoms with Crippen molar-refractivity contribution < 1.29 is 29.7 Å². The Kier molecular flexibility index (Phi) is 10.9. The summed E-state index contributed by atoms with van der Waals surface area (Å²) in [7, 11) is 4.76. The van der Waals surface area contributed by atoms with Crippen LogP contribution in [0.4, 0.5) is 22.7 Å². The minimum absolute atomic E-state index is 0.00831. The van der Waals surface area contributed by atoms with Crippen molar-refractivity contribution in [1.82, 2.24) is 15.1 Å². The molecule has 14 nitrogen and oxygen atoms in total. The lowest BCUT2D eigenvalue weighted by Crippen LogP contribution is -2.49. The van der Waals surface area contributed by atoms with Crippen LogP contribution in [0.5, 0.6) is 11.5 Å². The first-order valence-electron chi connectivity index (χ1n) is 20.7. The number of amides is 2. The largest absolute Gasteiger partial charge is 0.505 e. The highest BCUT2D eigenvalue weighted by Gasteiger charge is 2.44. The molecule has 0 fully saturated rings. The van der Waals surface area contributed by atoms with Gasteiger partial charge in [-0.05, 0) is 89.6 Å². The summed E-state index contributed by atoms with van der Waals surface area (Å²) in [5, 5.41) is 45.7. The molecule has 0 heterocycles. The number of ketones is 1. The molecule has 0 aromatic heterocycles. The van der Waals surface area contributed by atoms with Gasteiger partial charge in [0.25, 0.3) is 22.7 Å². The summed E-state index contributed by atoms with van der Waals surface area (Å²) in [5.41, 5.74) is 4.33. The molecule has 0 spiro atoms. The summed E-state index contributed by atoms with van der Waals surface area (Å²) in [6.07, 6.45) is 2.54. The number of aryl methyl sites for hydroxylation is 1. The number of anilines is 4. The normalized spacial score (nSPS) is 18.9. The summed E-state index contributed by atoms with van der Waals surface area (Å²) in [6, 6.07) is 22.6. The van der Waals surface area contributed by atoms with Gasteiger partial charge in [-0.1, -0.05) is 68.4 Å². The van der Waals surface area contributed by atoms with Crippen molar-refractivity contribution in [2.45, 2.75) is 70.7 Å². The summed E-state index contributed by atoms with van der Waals surface area (Å²) in [4.78, 5) is 68.2. The molecule has 7 N–H and O–H groups in total. The van der Waals surface area contributed by atoms with Crippen molar-refractivity contribution in [2.75, 3.05) is 37.1 Å². The van der Waals surface area contributed by atoms with Crippen molar-refractivity contribution in [1.29, 1.82) is 0 Å². The number of nitrogens with zero attached hydrogens (tertiary/aromatic N) is 2. The molecule has 3 aliphatic carbocycles. The third kappa shape index (κ3) is 7.33. The zero-order valence-corrected chi connectivity index (χ0v) is 35.3. The monoisotopic (exact) mass is 838 g/mol. The van der Waals surface area contributed by atoms with Gasteiger partial charge in [0.1, 0.15) is 17.1 Å². The Morgan fingerprint density at radius 2 is 1.37 bits per heavy atom. The summed E-state index contributed by atoms with van der Waals surface area (Å²) >= 11 is 0. The number of rotatable bonds is 12. The molecule has 8 rings (SSSR count). The Bertz CT molecular complexity index is 2750. The number of benzene rings is 4. The van der Waals surface area contributed by atoms with E-state index in [0.29, 0.717) is 12.8 Å². The Labute approximate surface area is 358 Å². The summed E-state index contributed by atoms with van der Waals surface area (Å²) in [6.45, 7) is 4.49. The predicted molar refractivity (Wildman–Crippen MR) is 236 cm³/mol. The van der Waals surface area contributed by atoms with Gasteiger partial charge in [0, 0.05) is 27.7 Å². The van der Waals surface area contributed by atoms with Crippen LogP contribution in [0.2, 0.25) is 0 Å². The third-order valence-electron chi connectivity index (χ3n) is 12.6. The minimum atomic E-state index is -1.42. The van der Waals surface area contributed by atoms with Crippen LogP contribution in [-0.4, -0.2) is 70.0 Å². The van der Waals surface area contributed by atoms with Gasteiger partial charge < -0.3 is 46.4 Å². The molecule has 3 aliphatic rings. The molecular weight excluding hydrogens is 789 g/mol. The maximum Gasteiger partial charge on any atom is 0.257 e. The molecule has 320 valence electrons. The van der Waals surface area contributed by atoms with Crippen molar-refractivity contribution in [3.8, 4) is 11.5 Å². The number of hydrogen-bond acceptors (Lipinski definition) is 12. The van der Waals surface area contributed by atoms with Crippen LogP contribution in [0.1, 0.15) is 93.7 Å². The van der Waals surface area contributed by atoms with Crippen LogP contribution >= 0.6 is 0 Å². The van der Waals surface area contributed by atoms with E-state index in [1.165, 1.54) is 33.6 Å². The second kappa shape index (κ2) is 16.2. The fraction of sp³-hybridized carbons (Fsp3) is 0.312. The zero-order chi connectivity index (χ0) is 44.2. The summed E-state index contributed by atoms with van der Waals surface area (Å²) in [5.74, 6) is -2.00. The number of phenolic OH excluding ortho intramolecular Hbond substituents is 2. The van der Waals surface area contributed by atoms with E-state index in [-0.39, 0.29) is 80.8 Å². The van der Waals surface area contributed by atoms with E-state index in [0.717, 1.165) is 41.5 Å². The Balaban J connectivity index is 0.985. The van der Waals surface area contributed by atoms with Gasteiger partial charge in [-0.25, -0.2) is 0 Å². The predicted octanol–water partition coefficient (Wildman–Crippen LogP) is 5.77. The average molecular weight is 839 g/mol. The van der Waals surface area contributed by atoms with Crippen LogP contribution in [0.3, 0.4) is 0 Å². The van der Waals surface area contributed by atoms with Crippen LogP contribution in [0.25, 0.3) is 0 Å². The number of nitrogens with one attached hydrogen (secondary N) is 4. The molecule has 5 aromatic rings. The lowest BCUT2D eigenvalue weighted by molar-refractivity contribution is -0.125. The SMILES string of the molecule is CN(C)C(=O)c1cccc(Nc2c(N[C@@H]3CCCc4c(CN(C)C(=O)c5cccc(NC6=C(NC7c8ccccc8CCC7(C)C)C(=O)C6O)c5O)cccc43)c(=O)c2=O)c1O. The molecule has 0 saturated carbocycles. The Morgan fingerprint density at radius 1 is 0.742 bits per heavy atom. The topological polar surface area (TPSA) is 201 Å². The van der Waals surface area contributed by atoms with E-state index in [1.807, 2.05) is 30.3 Å². The molecule has 2 unspecified atom stereocenters. The molecule has 5 aromatic carbocycles. The van der Waals surface area contributed by atoms with Gasteiger partial charge in [-0.2, -0.15) is 0 Å². The first kappa shape index (κ1) is 41.8. The second-order valence-corrected chi connectivity index (χ2v) is 17.3. The number of carbonyl (C=O) groups is 3. The number of phenols is 2. The van der Waals surface area contributed by atoms with Crippen molar-refractivity contribution in [3.05, 3.63) is 150 Å². The number of Topliss-reactive ketones (excluding diaryl/α,β-unsaturated/α-hetero) is 1. The highest BCUT2D eigenvalue weighted by atomic mass is 16.3. The standard InChI is InChI=1S/C48H50N6O8/c1-48(2)23-22-25-12-6-7-14-28(25)45(48)52-38-37(43(59)44(38)60)51-34-21-11-18-31(40(34)56)47(62)54(5)24-26-13-8-16-29-27(26)15-9-19-32(29)49-35-36(42(58)41(35)57)50-33-20-10-17-30(39(33)55)46(61)53(3)4/h6-8,10-14,16-18,20-21,32,43,45,49-52,55-56,59H,9,15,19,22-24H2,1-5H3/t32-,43?,45?/m1/s1. The number of aliphatic hydroxyl groups excluding tert-OH is 1. The second-order valence-electron chi connectivity index (χ2n) is 17.3. The van der Waals surface area contributed by atoms with Crippen LogP contribution in [0, 0.1) is 5.41 Å². The quantitative estimate of drug-likeness (QED) is 0.0592. The van der Waals surface area contributed by atoms with Gasteiger partial charge in [0.15, 0.2) is 17.6 Å². The number of hydrogen-bond donors (Lipinski definition) is 7. The van der Waals surface area contributed by atoms with Crippen LogP contribution in [0.15, 0.2) is 99.8 Å². The maximum absolute atomic E-state index is 14.0. The smallest absolute Gasteiger partial charge is 0.257 e. The molecule has 0 bridgehead atoms. The first-order valence-corrected chi connectivity index (χ1v) is 20.7. The fourth-order valence-electron chi connectivity index (χ4n) is 8.96. The third-order valence-corrected chi connectivity index (χ3v) is 12.6. The van der Waals surface area contributed by atoms with Crippen LogP contribution < -0.4 is 32.1 Å². The van der Waals surface area contributed by atoms with Gasteiger partial charge in [-0.15, -0.1) is 0 Å². The molecular formula is C48H50N6O8. The van der Waals surface area contributed by atoms with Gasteiger partial charge in [0.05, 0.1) is 40.3 Å². The van der Waals surface area contributed by atoms with Gasteiger partial charge >= 0.3 is 0 Å². The van der Waals surface area contributed by atoms with Gasteiger partial charge in [0.2, 0.25) is 5.78 Å². The highest BCUT2D eigenvalue weighted by molar-refractivity contribution is 6.09. The highest BCUT2D eigenvalue weighted by Crippen LogP contribution is 2.45. The molecule has 0 saturated heterocycles. The Morgan fingerprint density at radius 3 is 2.08 bits per heavy atom. The number of aliphatic hydroxyl groups is 1. The van der Waals surface area contributed by atoms with Crippen molar-refractivity contribution in [3.63, 3.8) is 0 Å². The van der Waals surface area contributed by atoms with E-state index in [4.69, 9.17) is 0 Å². The van der Waals surface area contributed by atoms with E-state index in [9.17, 15) is 39.3 Å². The lowest BCUT2D eigenvalue weighted by Gasteiger charge is -2.43. The average Bonchev–Trinajstić information content (AvgIpc) is 3.26. The van der Waals surface area contributed by atoms with E-state index in [2.05, 4.69) is 47.2 Å². The number of fused-ring (bicyclic) bond motifs is 2. The van der Waals surface area contributed by atoms with E-state index >= 15 is 0 Å². The molecule has 2 amide bonds. The lowest BCUT2D eigenvalue weighted by atomic mass is 9.70. The number of carbonyl (C=O) groups excluding carboxylic acids is 3. The number of para-hydroxylation sites is 2. The van der Waals surface area contributed by atoms with Gasteiger partial charge in [-0.3, -0.25) is 24.0 Å². The molecule has 0 radical (unpaired) electrons. The molecule has 0 aliphatic heterocycles. The number of aromatic hydroxyl groups is 2. The minimum Gasteiger partial charge on any atom is -0.505 e. The zero-order valence-electron chi connectivity index (χ0n) is 35.3. The van der Waals surface area contributed by atoms with E-state index < -0.39 is 34.6 Å². The molecule has 3 atom stereocenters. The van der Waals surface area contributed by atoms with Crippen LogP contribution in [-0.2, 0) is 24.2 Å². The van der Waals surface area contributed by atoms with Crippen molar-refractivity contribution in [2.24, 2.45) is 5.41 Å². The summed E-state index contributed by atoms with van der Waals surface area (Å²) < 4.78 is 0.